The molecule has 24 heavy (non-hydrogen) atoms. The maximum absolute atomic E-state index is 13.5. The first-order chi connectivity index (χ1) is 11.8. The number of hydrogen-bond donors (Lipinski definition) is 2. The van der Waals surface area contributed by atoms with Gasteiger partial charge in [0.2, 0.25) is 5.82 Å². The fourth-order valence-corrected chi connectivity index (χ4v) is 2.27. The molecule has 1 saturated heterocycles. The number of nitrogens with one attached hydrogen (secondary N) is 2. The molecule has 1 aromatic carbocycles. The Morgan fingerprint density at radius 1 is 1.58 bits per heavy atom. The van der Waals surface area contributed by atoms with Gasteiger partial charge in [-0.3, -0.25) is 0 Å². The van der Waals surface area contributed by atoms with Crippen molar-refractivity contribution in [3.05, 3.63) is 36.0 Å². The molecule has 0 saturated carbocycles. The first-order valence-electron chi connectivity index (χ1n) is 7.41. The van der Waals surface area contributed by atoms with Crippen LogP contribution in [0.1, 0.15) is 18.7 Å². The van der Waals surface area contributed by atoms with Gasteiger partial charge < -0.3 is 14.8 Å². The maximum atomic E-state index is 13.5. The molecule has 0 radical (unpaired) electrons. The molecule has 124 valence electrons. The van der Waals surface area contributed by atoms with Gasteiger partial charge >= 0.3 is 0 Å². The van der Waals surface area contributed by atoms with E-state index in [-0.39, 0.29) is 17.5 Å². The zero-order valence-electron chi connectivity index (χ0n) is 12.7. The number of H-pyrrole nitrogens is 1. The van der Waals surface area contributed by atoms with E-state index in [2.05, 4.69) is 25.9 Å². The van der Waals surface area contributed by atoms with Crippen LogP contribution >= 0.6 is 0 Å². The lowest BCUT2D eigenvalue weighted by molar-refractivity contribution is 0.0682. The minimum atomic E-state index is -0.423. The summed E-state index contributed by atoms with van der Waals surface area (Å²) in [4.78, 5) is 0. The fraction of sp³-hybridized carbons (Fsp3) is 0.333. The van der Waals surface area contributed by atoms with Crippen molar-refractivity contribution in [2.24, 2.45) is 0 Å². The predicted molar refractivity (Wildman–Crippen MR) is 82.3 cm³/mol. The van der Waals surface area contributed by atoms with Crippen molar-refractivity contribution >= 4 is 11.3 Å². The Morgan fingerprint density at radius 2 is 2.50 bits per heavy atom. The van der Waals surface area contributed by atoms with Crippen molar-refractivity contribution in [2.75, 3.05) is 18.5 Å². The Bertz CT molecular complexity index is 750. The topological polar surface area (TPSA) is 109 Å². The van der Waals surface area contributed by atoms with Crippen LogP contribution in [-0.4, -0.2) is 39.9 Å². The molecule has 1 atom stereocenters. The van der Waals surface area contributed by atoms with Gasteiger partial charge in [-0.2, -0.15) is 10.5 Å². The highest BCUT2D eigenvalue weighted by Crippen LogP contribution is 2.27. The number of aromatic nitrogens is 4. The molecule has 1 fully saturated rings. The van der Waals surface area contributed by atoms with Crippen LogP contribution in [0.2, 0.25) is 0 Å². The van der Waals surface area contributed by atoms with Gasteiger partial charge in [0.05, 0.1) is 11.8 Å². The van der Waals surface area contributed by atoms with E-state index in [4.69, 9.17) is 14.7 Å². The van der Waals surface area contributed by atoms with Crippen LogP contribution in [0.3, 0.4) is 0 Å². The van der Waals surface area contributed by atoms with Crippen molar-refractivity contribution in [3.8, 4) is 11.8 Å². The molecule has 1 aliphatic rings. The van der Waals surface area contributed by atoms with Crippen LogP contribution in [-0.2, 0) is 4.74 Å². The second-order valence-corrected chi connectivity index (χ2v) is 5.14. The Kier molecular flexibility index (Phi) is 4.98. The van der Waals surface area contributed by atoms with Crippen LogP contribution < -0.4 is 10.1 Å². The highest BCUT2D eigenvalue weighted by atomic mass is 19.1. The molecule has 0 bridgehead atoms. The van der Waals surface area contributed by atoms with E-state index < -0.39 is 5.82 Å². The van der Waals surface area contributed by atoms with E-state index >= 15 is 0 Å². The number of nitrogens with zero attached hydrogens (tertiary/aromatic N) is 4. The summed E-state index contributed by atoms with van der Waals surface area (Å²) >= 11 is 0. The van der Waals surface area contributed by atoms with Gasteiger partial charge in [0.15, 0.2) is 0 Å². The second kappa shape index (κ2) is 7.52. The normalized spacial score (nSPS) is 17.5. The van der Waals surface area contributed by atoms with Crippen molar-refractivity contribution in [1.29, 1.82) is 5.26 Å². The van der Waals surface area contributed by atoms with E-state index in [1.807, 2.05) is 6.07 Å². The molecule has 3 rings (SSSR count). The number of ether oxygens (including phenoxy) is 2. The van der Waals surface area contributed by atoms with Gasteiger partial charge in [-0.05, 0) is 30.2 Å². The standard InChI is InChI=1S/C15H15FN6O2/c16-11-3-4-14(24-9-12-2-1-5-23-12)13(6-11)18-8-10(7-17)15-19-21-22-20-15/h3-4,6,8,12,18H,1-2,5,9H2,(H,19,20,21,22). The lowest BCUT2D eigenvalue weighted by atomic mass is 10.2. The van der Waals surface area contributed by atoms with Gasteiger partial charge in [0.25, 0.3) is 0 Å². The molecule has 2 aromatic rings. The molecule has 0 spiro atoms. The molecule has 1 unspecified atom stereocenters. The Labute approximate surface area is 137 Å². The van der Waals surface area contributed by atoms with Gasteiger partial charge in [-0.1, -0.05) is 0 Å². The van der Waals surface area contributed by atoms with Crippen LogP contribution in [0.4, 0.5) is 10.1 Å². The lowest BCUT2D eigenvalue weighted by Gasteiger charge is -2.14. The minimum Gasteiger partial charge on any atom is -0.489 e. The van der Waals surface area contributed by atoms with Crippen LogP contribution in [0, 0.1) is 17.1 Å². The van der Waals surface area contributed by atoms with Crippen molar-refractivity contribution in [1.82, 2.24) is 20.6 Å². The van der Waals surface area contributed by atoms with Gasteiger partial charge in [-0.25, -0.2) is 4.39 Å². The summed E-state index contributed by atoms with van der Waals surface area (Å²) in [5, 5.41) is 25.1. The number of hydrogen-bond acceptors (Lipinski definition) is 7. The lowest BCUT2D eigenvalue weighted by Crippen LogP contribution is -2.16. The number of rotatable bonds is 6. The SMILES string of the molecule is N#CC(=CNc1cc(F)ccc1OCC1CCCO1)c1nn[nH]n1. The number of benzene rings is 1. The fourth-order valence-electron chi connectivity index (χ4n) is 2.27. The zero-order valence-corrected chi connectivity index (χ0v) is 12.7. The molecule has 2 heterocycles. The smallest absolute Gasteiger partial charge is 0.216 e. The van der Waals surface area contributed by atoms with Crippen molar-refractivity contribution in [2.45, 2.75) is 18.9 Å². The highest BCUT2D eigenvalue weighted by Gasteiger charge is 2.17. The molecule has 1 aliphatic heterocycles. The number of allylic oxidation sites excluding steroid dienone is 1. The summed E-state index contributed by atoms with van der Waals surface area (Å²) in [6.45, 7) is 1.13. The highest BCUT2D eigenvalue weighted by molar-refractivity contribution is 5.74. The van der Waals surface area contributed by atoms with E-state index in [0.29, 0.717) is 18.0 Å². The molecular weight excluding hydrogens is 315 g/mol. The summed E-state index contributed by atoms with van der Waals surface area (Å²) < 4.78 is 24.7. The largest absolute Gasteiger partial charge is 0.489 e. The average Bonchev–Trinajstić information content (AvgIpc) is 3.28. The van der Waals surface area contributed by atoms with Crippen LogP contribution in [0.25, 0.3) is 5.57 Å². The number of aromatic amines is 1. The average molecular weight is 330 g/mol. The van der Waals surface area contributed by atoms with Crippen LogP contribution in [0.15, 0.2) is 24.4 Å². The Hall–Kier alpha value is -2.99. The van der Waals surface area contributed by atoms with E-state index in [9.17, 15) is 4.39 Å². The van der Waals surface area contributed by atoms with Crippen molar-refractivity contribution < 1.29 is 13.9 Å². The zero-order chi connectivity index (χ0) is 16.8. The summed E-state index contributed by atoms with van der Waals surface area (Å²) in [6.07, 6.45) is 3.38. The minimum absolute atomic E-state index is 0.0486. The molecule has 0 aliphatic carbocycles. The van der Waals surface area contributed by atoms with Crippen molar-refractivity contribution in [3.63, 3.8) is 0 Å². The van der Waals surface area contributed by atoms with E-state index in [1.54, 1.807) is 0 Å². The second-order valence-electron chi connectivity index (χ2n) is 5.14. The third-order valence-electron chi connectivity index (χ3n) is 3.47. The van der Waals surface area contributed by atoms with Gasteiger partial charge in [-0.15, -0.1) is 10.2 Å². The summed E-state index contributed by atoms with van der Waals surface area (Å²) in [5.41, 5.74) is 0.544. The Balaban J connectivity index is 1.73. The number of halogens is 1. The molecular formula is C15H15FN6O2. The van der Waals surface area contributed by atoms with E-state index in [1.165, 1.54) is 24.4 Å². The third kappa shape index (κ3) is 3.85. The number of nitriles is 1. The predicted octanol–water partition coefficient (Wildman–Crippen LogP) is 1.87. The van der Waals surface area contributed by atoms with Gasteiger partial charge in [0, 0.05) is 18.9 Å². The number of tetrazole rings is 1. The maximum Gasteiger partial charge on any atom is 0.216 e. The van der Waals surface area contributed by atoms with Gasteiger partial charge in [0.1, 0.15) is 29.8 Å². The quantitative estimate of drug-likeness (QED) is 0.778. The third-order valence-corrected chi connectivity index (χ3v) is 3.47. The molecule has 8 nitrogen and oxygen atoms in total. The van der Waals surface area contributed by atoms with Crippen LogP contribution in [0.5, 0.6) is 5.75 Å². The Morgan fingerprint density at radius 3 is 3.21 bits per heavy atom. The van der Waals surface area contributed by atoms with E-state index in [0.717, 1.165) is 19.4 Å². The summed E-state index contributed by atoms with van der Waals surface area (Å²) in [6, 6.07) is 6.07. The first kappa shape index (κ1) is 15.9. The molecule has 2 N–H and O–H groups in total. The molecule has 1 aromatic heterocycles. The first-order valence-corrected chi connectivity index (χ1v) is 7.41. The summed E-state index contributed by atoms with van der Waals surface area (Å²) in [7, 11) is 0. The number of anilines is 1. The molecule has 0 amide bonds. The summed E-state index contributed by atoms with van der Waals surface area (Å²) in [5.74, 6) is 0.185. The monoisotopic (exact) mass is 330 g/mol. The molecule has 9 heteroatoms.